The van der Waals surface area contributed by atoms with Gasteiger partial charge in [0.05, 0.1) is 20.6 Å². The van der Waals surface area contributed by atoms with Crippen molar-refractivity contribution in [3.05, 3.63) is 35.9 Å². The molecule has 1 heterocycles. The third-order valence-electron chi connectivity index (χ3n) is 3.49. The molecule has 1 unspecified atom stereocenters. The summed E-state index contributed by atoms with van der Waals surface area (Å²) in [7, 11) is 4.72. The molecule has 0 radical (unpaired) electrons. The molecule has 1 aliphatic heterocycles. The number of hydrogen-bond acceptors (Lipinski definition) is 0. The van der Waals surface area contributed by atoms with Crippen LogP contribution in [-0.4, -0.2) is 25.1 Å². The zero-order valence-corrected chi connectivity index (χ0v) is 10.4. The van der Waals surface area contributed by atoms with Crippen molar-refractivity contribution in [2.24, 2.45) is 0 Å². The van der Waals surface area contributed by atoms with Crippen molar-refractivity contribution in [1.82, 2.24) is 0 Å². The lowest BCUT2D eigenvalue weighted by Crippen LogP contribution is -3.00. The minimum absolute atomic E-state index is 0. The van der Waals surface area contributed by atoms with E-state index >= 15 is 0 Å². The van der Waals surface area contributed by atoms with Gasteiger partial charge in [0.15, 0.2) is 0 Å². The van der Waals surface area contributed by atoms with Gasteiger partial charge in [-0.25, -0.2) is 0 Å². The summed E-state index contributed by atoms with van der Waals surface area (Å²) in [5, 5.41) is 0. The molecular weight excluding hydrogens is 206 g/mol. The topological polar surface area (TPSA) is 0 Å². The van der Waals surface area contributed by atoms with E-state index in [4.69, 9.17) is 0 Å². The van der Waals surface area contributed by atoms with E-state index < -0.39 is 0 Å². The predicted molar refractivity (Wildman–Crippen MR) is 60.0 cm³/mol. The highest BCUT2D eigenvalue weighted by atomic mass is 35.5. The van der Waals surface area contributed by atoms with Crippen LogP contribution >= 0.6 is 0 Å². The fourth-order valence-corrected chi connectivity index (χ4v) is 2.61. The molecule has 84 valence electrons. The monoisotopic (exact) mass is 225 g/mol. The molecule has 2 heteroatoms. The van der Waals surface area contributed by atoms with E-state index in [1.54, 1.807) is 0 Å². The highest BCUT2D eigenvalue weighted by Crippen LogP contribution is 2.34. The van der Waals surface area contributed by atoms with Gasteiger partial charge in [-0.1, -0.05) is 30.3 Å². The molecule has 1 fully saturated rings. The number of benzene rings is 1. The highest BCUT2D eigenvalue weighted by molar-refractivity contribution is 5.17. The van der Waals surface area contributed by atoms with Crippen LogP contribution in [0.4, 0.5) is 0 Å². The van der Waals surface area contributed by atoms with Gasteiger partial charge in [0.25, 0.3) is 0 Å². The molecular formula is C13H20ClN. The number of rotatable bonds is 1. The molecule has 0 bridgehead atoms. The molecule has 1 saturated heterocycles. The van der Waals surface area contributed by atoms with E-state index in [2.05, 4.69) is 44.4 Å². The van der Waals surface area contributed by atoms with Crippen LogP contribution in [0.2, 0.25) is 0 Å². The number of piperidine rings is 1. The fourth-order valence-electron chi connectivity index (χ4n) is 2.61. The first-order valence-corrected chi connectivity index (χ1v) is 5.58. The van der Waals surface area contributed by atoms with Gasteiger partial charge in [0, 0.05) is 12.0 Å². The molecule has 0 amide bonds. The molecule has 0 aromatic heterocycles. The van der Waals surface area contributed by atoms with Crippen molar-refractivity contribution in [3.8, 4) is 0 Å². The van der Waals surface area contributed by atoms with Gasteiger partial charge in [-0.05, 0) is 12.8 Å². The van der Waals surface area contributed by atoms with Crippen molar-refractivity contribution in [3.63, 3.8) is 0 Å². The summed E-state index contributed by atoms with van der Waals surface area (Å²) in [4.78, 5) is 0. The fraction of sp³-hybridized carbons (Fsp3) is 0.538. The number of hydrogen-bond donors (Lipinski definition) is 0. The Balaban J connectivity index is 0.00000112. The summed E-state index contributed by atoms with van der Waals surface area (Å²) in [5.74, 6) is 0. The Morgan fingerprint density at radius 3 is 2.33 bits per heavy atom. The maximum absolute atomic E-state index is 2.36. The third kappa shape index (κ3) is 2.73. The zero-order valence-electron chi connectivity index (χ0n) is 9.62. The van der Waals surface area contributed by atoms with E-state index in [0.717, 1.165) is 4.48 Å². The lowest BCUT2D eigenvalue weighted by molar-refractivity contribution is -0.926. The third-order valence-corrected chi connectivity index (χ3v) is 3.49. The maximum atomic E-state index is 2.36. The second-order valence-electron chi connectivity index (χ2n) is 4.92. The molecule has 1 aromatic rings. The van der Waals surface area contributed by atoms with Crippen LogP contribution < -0.4 is 12.4 Å². The molecule has 0 aliphatic carbocycles. The molecule has 1 aromatic carbocycles. The van der Waals surface area contributed by atoms with Gasteiger partial charge < -0.3 is 16.9 Å². The summed E-state index contributed by atoms with van der Waals surface area (Å²) in [5.41, 5.74) is 1.51. The average Bonchev–Trinajstić information content (AvgIpc) is 2.18. The lowest BCUT2D eigenvalue weighted by Gasteiger charge is -2.41. The summed E-state index contributed by atoms with van der Waals surface area (Å²) < 4.78 is 1.16. The van der Waals surface area contributed by atoms with Crippen LogP contribution in [0.15, 0.2) is 30.3 Å². The lowest BCUT2D eigenvalue weighted by atomic mass is 9.94. The molecule has 2 rings (SSSR count). The standard InChI is InChI=1S/C13H20N.ClH/c1-14(2)11-7-6-10-13(14)12-8-4-3-5-9-12;/h3-5,8-9,13H,6-7,10-11H2,1-2H3;1H/q+1;/p-1. The molecule has 1 aliphatic rings. The van der Waals surface area contributed by atoms with E-state index in [1.807, 2.05) is 0 Å². The van der Waals surface area contributed by atoms with Crippen LogP contribution in [0.5, 0.6) is 0 Å². The Bertz CT molecular complexity index is 295. The minimum Gasteiger partial charge on any atom is -1.00 e. The van der Waals surface area contributed by atoms with Gasteiger partial charge in [0.2, 0.25) is 0 Å². The van der Waals surface area contributed by atoms with Gasteiger partial charge in [0.1, 0.15) is 6.04 Å². The van der Waals surface area contributed by atoms with Gasteiger partial charge >= 0.3 is 0 Å². The van der Waals surface area contributed by atoms with Crippen molar-refractivity contribution in [2.75, 3.05) is 20.6 Å². The average molecular weight is 226 g/mol. The largest absolute Gasteiger partial charge is 1.00 e. The first-order valence-electron chi connectivity index (χ1n) is 5.58. The van der Waals surface area contributed by atoms with Crippen molar-refractivity contribution >= 4 is 0 Å². The Morgan fingerprint density at radius 2 is 1.73 bits per heavy atom. The molecule has 0 N–H and O–H groups in total. The summed E-state index contributed by atoms with van der Waals surface area (Å²) in [6.07, 6.45) is 4.12. The molecule has 0 spiro atoms. The van der Waals surface area contributed by atoms with Crippen LogP contribution in [0.3, 0.4) is 0 Å². The van der Waals surface area contributed by atoms with E-state index in [0.29, 0.717) is 6.04 Å². The molecule has 1 atom stereocenters. The maximum Gasteiger partial charge on any atom is 0.114 e. The predicted octanol–water partition coefficient (Wildman–Crippen LogP) is -0.00800. The van der Waals surface area contributed by atoms with Gasteiger partial charge in [-0.2, -0.15) is 0 Å². The number of halogens is 1. The van der Waals surface area contributed by atoms with Crippen LogP contribution in [0.25, 0.3) is 0 Å². The Kier molecular flexibility index (Phi) is 4.18. The summed E-state index contributed by atoms with van der Waals surface area (Å²) >= 11 is 0. The molecule has 0 saturated carbocycles. The zero-order chi connectivity index (χ0) is 10.0. The first kappa shape index (κ1) is 12.5. The van der Waals surface area contributed by atoms with Crippen LogP contribution in [-0.2, 0) is 0 Å². The molecule has 1 nitrogen and oxygen atoms in total. The van der Waals surface area contributed by atoms with Gasteiger partial charge in [-0.3, -0.25) is 0 Å². The SMILES string of the molecule is C[N+]1(C)CCCCC1c1ccccc1.[Cl-]. The second-order valence-corrected chi connectivity index (χ2v) is 4.92. The first-order chi connectivity index (χ1) is 6.70. The minimum atomic E-state index is 0. The summed E-state index contributed by atoms with van der Waals surface area (Å²) in [6, 6.07) is 11.7. The van der Waals surface area contributed by atoms with E-state index in [9.17, 15) is 0 Å². The second kappa shape index (κ2) is 5.00. The van der Waals surface area contributed by atoms with E-state index in [1.165, 1.54) is 31.4 Å². The van der Waals surface area contributed by atoms with Crippen molar-refractivity contribution in [2.45, 2.75) is 25.3 Å². The van der Waals surface area contributed by atoms with Crippen LogP contribution in [0.1, 0.15) is 30.9 Å². The number of likely N-dealkylation sites (tertiary alicyclic amines) is 1. The van der Waals surface area contributed by atoms with E-state index in [-0.39, 0.29) is 12.4 Å². The highest BCUT2D eigenvalue weighted by Gasteiger charge is 2.32. The van der Waals surface area contributed by atoms with Crippen LogP contribution in [0, 0.1) is 0 Å². The Morgan fingerprint density at radius 1 is 1.07 bits per heavy atom. The number of nitrogens with zero attached hydrogens (tertiary/aromatic N) is 1. The smallest absolute Gasteiger partial charge is 0.114 e. The quantitative estimate of drug-likeness (QED) is 0.590. The normalized spacial score (nSPS) is 24.3. The number of quaternary nitrogens is 1. The Labute approximate surface area is 99.1 Å². The van der Waals surface area contributed by atoms with Crippen molar-refractivity contribution in [1.29, 1.82) is 0 Å². The Hall–Kier alpha value is -0.530. The van der Waals surface area contributed by atoms with Crippen molar-refractivity contribution < 1.29 is 16.9 Å². The molecule has 15 heavy (non-hydrogen) atoms. The summed E-state index contributed by atoms with van der Waals surface area (Å²) in [6.45, 7) is 1.32. The van der Waals surface area contributed by atoms with Gasteiger partial charge in [-0.15, -0.1) is 0 Å².